The number of carbonyl (C=O) groups excluding carboxylic acids is 2. The molecule has 0 aliphatic heterocycles. The second kappa shape index (κ2) is 9.85. The van der Waals surface area contributed by atoms with Gasteiger partial charge in [0.25, 0.3) is 5.91 Å². The van der Waals surface area contributed by atoms with Gasteiger partial charge in [-0.1, -0.05) is 0 Å². The minimum absolute atomic E-state index is 0.0102. The van der Waals surface area contributed by atoms with Crippen LogP contribution in [0.5, 0.6) is 0 Å². The third-order valence-corrected chi connectivity index (χ3v) is 5.26. The van der Waals surface area contributed by atoms with Crippen LogP contribution in [0.3, 0.4) is 0 Å². The molecule has 0 spiro atoms. The van der Waals surface area contributed by atoms with Crippen molar-refractivity contribution in [3.63, 3.8) is 0 Å². The van der Waals surface area contributed by atoms with Gasteiger partial charge in [-0.15, -0.1) is 0 Å². The van der Waals surface area contributed by atoms with Crippen molar-refractivity contribution >= 4 is 11.8 Å². The van der Waals surface area contributed by atoms with E-state index >= 15 is 0 Å². The largest absolute Gasteiger partial charge is 0.380 e. The number of aromatic nitrogens is 2. The summed E-state index contributed by atoms with van der Waals surface area (Å²) in [6, 6.07) is -0.214. The van der Waals surface area contributed by atoms with Gasteiger partial charge < -0.3 is 20.1 Å². The maximum absolute atomic E-state index is 12.8. The van der Waals surface area contributed by atoms with Gasteiger partial charge in [-0.25, -0.2) is 0 Å². The second-order valence-electron chi connectivity index (χ2n) is 7.03. The monoisotopic (exact) mass is 380 g/mol. The Kier molecular flexibility index (Phi) is 7.79. The molecule has 1 aromatic heterocycles. The number of methoxy groups -OCH3 is 1. The van der Waals surface area contributed by atoms with Crippen LogP contribution in [0.15, 0.2) is 0 Å². The molecule has 8 heteroatoms. The topological polar surface area (TPSA) is 94.5 Å². The SMILES string of the molecule is CCOCCNC(=O)[C@H]1CC[C@@H](OC)[C@H](NC(=O)c2c(C)c(C)nn2C)C1. The van der Waals surface area contributed by atoms with Crippen molar-refractivity contribution in [1.29, 1.82) is 0 Å². The van der Waals surface area contributed by atoms with Gasteiger partial charge in [0.15, 0.2) is 0 Å². The summed E-state index contributed by atoms with van der Waals surface area (Å²) in [5, 5.41) is 10.3. The second-order valence-corrected chi connectivity index (χ2v) is 7.03. The van der Waals surface area contributed by atoms with Crippen LogP contribution >= 0.6 is 0 Å². The number of nitrogens with one attached hydrogen (secondary N) is 2. The van der Waals surface area contributed by atoms with Gasteiger partial charge in [-0.3, -0.25) is 14.3 Å². The number of ether oxygens (including phenoxy) is 2. The van der Waals surface area contributed by atoms with E-state index in [2.05, 4.69) is 15.7 Å². The number of hydrogen-bond donors (Lipinski definition) is 2. The van der Waals surface area contributed by atoms with E-state index in [1.165, 1.54) is 0 Å². The van der Waals surface area contributed by atoms with Crippen molar-refractivity contribution < 1.29 is 19.1 Å². The molecule has 2 rings (SSSR count). The molecule has 1 saturated carbocycles. The van der Waals surface area contributed by atoms with Crippen LogP contribution < -0.4 is 10.6 Å². The molecule has 8 nitrogen and oxygen atoms in total. The predicted octanol–water partition coefficient (Wildman–Crippen LogP) is 1.10. The fourth-order valence-corrected chi connectivity index (χ4v) is 3.67. The quantitative estimate of drug-likeness (QED) is 0.659. The minimum Gasteiger partial charge on any atom is -0.380 e. The number of rotatable bonds is 8. The molecule has 0 radical (unpaired) electrons. The summed E-state index contributed by atoms with van der Waals surface area (Å²) in [4.78, 5) is 25.2. The van der Waals surface area contributed by atoms with Crippen molar-refractivity contribution in [3.8, 4) is 0 Å². The molecule has 1 aromatic rings. The molecule has 0 aromatic carbocycles. The number of nitrogens with zero attached hydrogens (tertiary/aromatic N) is 2. The number of hydrogen-bond acceptors (Lipinski definition) is 5. The van der Waals surface area contributed by atoms with Gasteiger partial charge in [0.2, 0.25) is 5.91 Å². The predicted molar refractivity (Wildman–Crippen MR) is 102 cm³/mol. The first kappa shape index (κ1) is 21.4. The van der Waals surface area contributed by atoms with Crippen molar-refractivity contribution in [2.24, 2.45) is 13.0 Å². The summed E-state index contributed by atoms with van der Waals surface area (Å²) in [6.07, 6.45) is 1.93. The Morgan fingerprint density at radius 3 is 2.63 bits per heavy atom. The van der Waals surface area contributed by atoms with E-state index in [0.29, 0.717) is 31.9 Å². The average molecular weight is 380 g/mol. The molecule has 1 fully saturated rings. The van der Waals surface area contributed by atoms with Crippen LogP contribution in [0.25, 0.3) is 0 Å². The van der Waals surface area contributed by atoms with E-state index in [-0.39, 0.29) is 29.9 Å². The highest BCUT2D eigenvalue weighted by Gasteiger charge is 2.35. The first-order valence-electron chi connectivity index (χ1n) is 9.58. The van der Waals surface area contributed by atoms with Crippen LogP contribution in [0.1, 0.15) is 47.9 Å². The van der Waals surface area contributed by atoms with Crippen molar-refractivity contribution in [2.75, 3.05) is 26.9 Å². The molecular weight excluding hydrogens is 348 g/mol. The van der Waals surface area contributed by atoms with Crippen molar-refractivity contribution in [2.45, 2.75) is 52.2 Å². The van der Waals surface area contributed by atoms with E-state index in [9.17, 15) is 9.59 Å². The fraction of sp³-hybridized carbons (Fsp3) is 0.737. The van der Waals surface area contributed by atoms with E-state index in [4.69, 9.17) is 9.47 Å². The molecule has 152 valence electrons. The molecule has 1 heterocycles. The summed E-state index contributed by atoms with van der Waals surface area (Å²) in [5.74, 6) is -0.311. The van der Waals surface area contributed by atoms with Gasteiger partial charge in [0, 0.05) is 38.8 Å². The zero-order chi connectivity index (χ0) is 20.0. The molecule has 2 N–H and O–H groups in total. The Morgan fingerprint density at radius 2 is 2.04 bits per heavy atom. The summed E-state index contributed by atoms with van der Waals surface area (Å²) in [6.45, 7) is 7.34. The highest BCUT2D eigenvalue weighted by atomic mass is 16.5. The molecule has 3 atom stereocenters. The minimum atomic E-state index is -0.214. The van der Waals surface area contributed by atoms with E-state index in [1.54, 1.807) is 18.8 Å². The smallest absolute Gasteiger partial charge is 0.270 e. The maximum atomic E-state index is 12.8. The Balaban J connectivity index is 2.00. The summed E-state index contributed by atoms with van der Waals surface area (Å²) < 4.78 is 12.4. The number of aryl methyl sites for hydroxylation is 2. The Morgan fingerprint density at radius 1 is 1.30 bits per heavy atom. The van der Waals surface area contributed by atoms with Gasteiger partial charge >= 0.3 is 0 Å². The summed E-state index contributed by atoms with van der Waals surface area (Å²) in [5.41, 5.74) is 2.25. The van der Waals surface area contributed by atoms with Crippen molar-refractivity contribution in [3.05, 3.63) is 17.0 Å². The van der Waals surface area contributed by atoms with Crippen LogP contribution in [-0.2, 0) is 21.3 Å². The van der Waals surface area contributed by atoms with Crippen LogP contribution in [0.2, 0.25) is 0 Å². The Bertz CT molecular complexity index is 658. The van der Waals surface area contributed by atoms with Crippen LogP contribution in [0.4, 0.5) is 0 Å². The lowest BCUT2D eigenvalue weighted by atomic mass is 9.83. The molecule has 0 unspecified atom stereocenters. The average Bonchev–Trinajstić information content (AvgIpc) is 2.90. The zero-order valence-electron chi connectivity index (χ0n) is 17.0. The van der Waals surface area contributed by atoms with Gasteiger partial charge in [-0.2, -0.15) is 5.10 Å². The molecule has 0 saturated heterocycles. The summed E-state index contributed by atoms with van der Waals surface area (Å²) >= 11 is 0. The highest BCUT2D eigenvalue weighted by Crippen LogP contribution is 2.27. The first-order valence-corrected chi connectivity index (χ1v) is 9.58. The molecule has 27 heavy (non-hydrogen) atoms. The lowest BCUT2D eigenvalue weighted by Gasteiger charge is -2.35. The van der Waals surface area contributed by atoms with Crippen LogP contribution in [0, 0.1) is 19.8 Å². The highest BCUT2D eigenvalue weighted by molar-refractivity contribution is 5.94. The molecule has 1 aliphatic carbocycles. The number of amides is 2. The summed E-state index contributed by atoms with van der Waals surface area (Å²) in [7, 11) is 3.41. The fourth-order valence-electron chi connectivity index (χ4n) is 3.67. The molecular formula is C19H32N4O4. The lowest BCUT2D eigenvalue weighted by Crippen LogP contribution is -2.50. The lowest BCUT2D eigenvalue weighted by molar-refractivity contribution is -0.127. The standard InChI is InChI=1S/C19H32N4O4/c1-6-27-10-9-20-18(24)14-7-8-16(26-5)15(11-14)21-19(25)17-12(2)13(3)22-23(17)4/h14-16H,6-11H2,1-5H3,(H,20,24)(H,21,25)/t14-,15+,16+/m0/s1. The Hall–Kier alpha value is -1.93. The molecule has 2 amide bonds. The normalized spacial score (nSPS) is 22.5. The molecule has 1 aliphatic rings. The van der Waals surface area contributed by atoms with Crippen LogP contribution in [-0.4, -0.2) is 60.6 Å². The van der Waals surface area contributed by atoms with E-state index < -0.39 is 0 Å². The molecule has 0 bridgehead atoms. The van der Waals surface area contributed by atoms with Crippen molar-refractivity contribution in [1.82, 2.24) is 20.4 Å². The third kappa shape index (κ3) is 5.29. The van der Waals surface area contributed by atoms with Gasteiger partial charge in [0.05, 0.1) is 24.4 Å². The van der Waals surface area contributed by atoms with E-state index in [0.717, 1.165) is 24.1 Å². The number of carbonyl (C=O) groups is 2. The third-order valence-electron chi connectivity index (χ3n) is 5.26. The first-order chi connectivity index (χ1) is 12.9. The Labute approximate surface area is 161 Å². The van der Waals surface area contributed by atoms with Gasteiger partial charge in [0.1, 0.15) is 5.69 Å². The van der Waals surface area contributed by atoms with Gasteiger partial charge in [-0.05, 0) is 40.0 Å². The van der Waals surface area contributed by atoms with E-state index in [1.807, 2.05) is 20.8 Å². The maximum Gasteiger partial charge on any atom is 0.270 e. The zero-order valence-corrected chi connectivity index (χ0v) is 17.0.